The number of allylic oxidation sites excluding steroid dienone is 2. The number of likely N-dealkylation sites (N-methyl/N-ethyl adjacent to an activating group) is 1. The minimum Gasteiger partial charge on any atom is -0.506 e. The third kappa shape index (κ3) is 4.55. The van der Waals surface area contributed by atoms with E-state index in [-0.39, 0.29) is 22.8 Å². The van der Waals surface area contributed by atoms with Crippen molar-refractivity contribution in [3.63, 3.8) is 0 Å². The molecule has 2 atom stereocenters. The summed E-state index contributed by atoms with van der Waals surface area (Å²) in [6.45, 7) is 1.42. The smallest absolute Gasteiger partial charge is 0.416 e. The number of hydrogen-bond acceptors (Lipinski definition) is 6. The van der Waals surface area contributed by atoms with E-state index in [2.05, 4.69) is 9.98 Å². The Morgan fingerprint density at radius 1 is 1.35 bits per heavy atom. The van der Waals surface area contributed by atoms with Crippen LogP contribution in [0.3, 0.4) is 0 Å². The molecule has 1 aromatic rings. The Balaban J connectivity index is 2.73. The van der Waals surface area contributed by atoms with E-state index >= 15 is 0 Å². The molecule has 1 aliphatic rings. The maximum Gasteiger partial charge on any atom is 0.416 e. The number of hydrogen-bond donors (Lipinski definition) is 4. The van der Waals surface area contributed by atoms with E-state index in [1.54, 1.807) is 0 Å². The zero-order chi connectivity index (χ0) is 23.4. The van der Waals surface area contributed by atoms with Gasteiger partial charge in [0.1, 0.15) is 5.76 Å². The van der Waals surface area contributed by atoms with Gasteiger partial charge in [-0.15, -0.1) is 0 Å². The van der Waals surface area contributed by atoms with Crippen LogP contribution < -0.4 is 17.2 Å². The second-order valence-corrected chi connectivity index (χ2v) is 6.76. The molecule has 2 unspecified atom stereocenters. The largest absolute Gasteiger partial charge is 0.506 e. The highest BCUT2D eigenvalue weighted by atomic mass is 19.4. The molecule has 0 bridgehead atoms. The number of amides is 1. The van der Waals surface area contributed by atoms with Crippen LogP contribution in [-0.4, -0.2) is 41.4 Å². The average molecular weight is 436 g/mol. The van der Waals surface area contributed by atoms with Gasteiger partial charge in [0.15, 0.2) is 11.5 Å². The summed E-state index contributed by atoms with van der Waals surface area (Å²) in [5, 5.41) is 10.2. The molecule has 0 radical (unpaired) electrons. The Bertz CT molecular complexity index is 997. The van der Waals surface area contributed by atoms with E-state index in [0.717, 1.165) is 29.7 Å². The molecule has 7 N–H and O–H groups in total. The van der Waals surface area contributed by atoms with Gasteiger partial charge in [0, 0.05) is 18.5 Å². The Morgan fingerprint density at radius 3 is 2.55 bits per heavy atom. The van der Waals surface area contributed by atoms with Gasteiger partial charge < -0.3 is 22.3 Å². The fourth-order valence-electron chi connectivity index (χ4n) is 3.25. The van der Waals surface area contributed by atoms with Gasteiger partial charge in [0.05, 0.1) is 18.1 Å². The van der Waals surface area contributed by atoms with Crippen LogP contribution in [0.2, 0.25) is 0 Å². The van der Waals surface area contributed by atoms with Gasteiger partial charge >= 0.3 is 6.18 Å². The molecule has 8 nitrogen and oxygen atoms in total. The number of aliphatic hydroxyl groups excluding tert-OH is 1. The number of alkyl halides is 3. The number of aliphatic hydroxyl groups is 1. The Morgan fingerprint density at radius 2 is 2.03 bits per heavy atom. The highest BCUT2D eigenvalue weighted by molar-refractivity contribution is 6.07. The van der Waals surface area contributed by atoms with Crippen LogP contribution in [0.4, 0.5) is 13.2 Å². The molecule has 1 aromatic carbocycles. The molecule has 0 aliphatic carbocycles. The molecule has 1 aliphatic heterocycles. The highest BCUT2D eigenvalue weighted by Gasteiger charge is 2.52. The number of carbonyl (C=O) groups is 1. The molecule has 0 spiro atoms. The molecular formula is C20H23F3N6O2. The number of nitrogens with zero attached hydrogens (tertiary/aromatic N) is 3. The standard InChI is InChI=1S/C20H23F3N6O2/c1-12(8-15(6-7-24)20(21,22)23)19(17(31)29(2)18(26)28-19)14-5-3-4-13(9-14)16(30)10-27-11-25/h3-12,30H,24H2,1-2H3,(H2,25,27)(H2,26,28)/b7-6-,15-8+,16-10-. The van der Waals surface area contributed by atoms with Gasteiger partial charge in [0.2, 0.25) is 0 Å². The van der Waals surface area contributed by atoms with Crippen molar-refractivity contribution >= 4 is 24.0 Å². The fourth-order valence-corrected chi connectivity index (χ4v) is 3.25. The summed E-state index contributed by atoms with van der Waals surface area (Å²) in [5.74, 6) is -2.11. The number of aliphatic imine (C=N–C) groups is 2. The third-order valence-electron chi connectivity index (χ3n) is 4.84. The van der Waals surface area contributed by atoms with Gasteiger partial charge in [-0.3, -0.25) is 9.69 Å². The van der Waals surface area contributed by atoms with E-state index in [1.165, 1.54) is 38.2 Å². The number of nitrogens with two attached hydrogens (primary N) is 3. The summed E-state index contributed by atoms with van der Waals surface area (Å²) >= 11 is 0. The third-order valence-corrected chi connectivity index (χ3v) is 4.84. The fraction of sp³-hybridized carbons (Fsp3) is 0.250. The predicted molar refractivity (Wildman–Crippen MR) is 112 cm³/mol. The van der Waals surface area contributed by atoms with Crippen molar-refractivity contribution in [2.24, 2.45) is 33.1 Å². The van der Waals surface area contributed by atoms with Crippen molar-refractivity contribution in [3.05, 3.63) is 65.5 Å². The number of guanidine groups is 1. The monoisotopic (exact) mass is 436 g/mol. The molecule has 0 aromatic heterocycles. The summed E-state index contributed by atoms with van der Waals surface area (Å²) in [7, 11) is 1.38. The number of benzene rings is 1. The summed E-state index contributed by atoms with van der Waals surface area (Å²) in [6.07, 6.45) is -0.298. The SMILES string of the molecule is CC(/C=C(\C=C/N)C(F)(F)F)C1(c2cccc(/C(O)=C/N=CN)c2)N=C(N)N(C)C1=O. The van der Waals surface area contributed by atoms with Crippen molar-refractivity contribution in [2.45, 2.75) is 18.6 Å². The Labute approximate surface area is 176 Å². The van der Waals surface area contributed by atoms with Crippen molar-refractivity contribution in [3.8, 4) is 0 Å². The van der Waals surface area contributed by atoms with Gasteiger partial charge in [-0.25, -0.2) is 9.98 Å². The second-order valence-electron chi connectivity index (χ2n) is 6.76. The van der Waals surface area contributed by atoms with Gasteiger partial charge in [-0.1, -0.05) is 31.2 Å². The van der Waals surface area contributed by atoms with Crippen molar-refractivity contribution in [1.82, 2.24) is 4.90 Å². The highest BCUT2D eigenvalue weighted by Crippen LogP contribution is 2.42. The van der Waals surface area contributed by atoms with E-state index in [4.69, 9.17) is 17.2 Å². The van der Waals surface area contributed by atoms with Gasteiger partial charge in [-0.2, -0.15) is 13.2 Å². The van der Waals surface area contributed by atoms with E-state index in [1.807, 2.05) is 0 Å². The molecule has 0 saturated heterocycles. The van der Waals surface area contributed by atoms with E-state index in [9.17, 15) is 23.1 Å². The minimum atomic E-state index is -4.70. The minimum absolute atomic E-state index is 0.147. The first-order valence-electron chi connectivity index (χ1n) is 9.03. The zero-order valence-corrected chi connectivity index (χ0v) is 16.8. The summed E-state index contributed by atoms with van der Waals surface area (Å²) in [4.78, 5) is 22.1. The van der Waals surface area contributed by atoms with Gasteiger partial charge in [-0.05, 0) is 23.9 Å². The maximum atomic E-state index is 13.4. The van der Waals surface area contributed by atoms with Crippen molar-refractivity contribution in [1.29, 1.82) is 0 Å². The van der Waals surface area contributed by atoms with Gasteiger partial charge in [0.25, 0.3) is 5.91 Å². The molecule has 11 heteroatoms. The van der Waals surface area contributed by atoms with Crippen LogP contribution in [0.25, 0.3) is 5.76 Å². The van der Waals surface area contributed by atoms with Crippen molar-refractivity contribution < 1.29 is 23.1 Å². The van der Waals surface area contributed by atoms with Crippen LogP contribution in [0, 0.1) is 5.92 Å². The normalized spacial score (nSPS) is 21.9. The molecular weight excluding hydrogens is 413 g/mol. The summed E-state index contributed by atoms with van der Waals surface area (Å²) < 4.78 is 40.3. The van der Waals surface area contributed by atoms with Crippen LogP contribution in [-0.2, 0) is 10.3 Å². The topological polar surface area (TPSA) is 143 Å². The number of rotatable bonds is 6. The molecule has 1 heterocycles. The molecule has 1 amide bonds. The Hall–Kier alpha value is -3.76. The van der Waals surface area contributed by atoms with Crippen LogP contribution >= 0.6 is 0 Å². The first-order valence-corrected chi connectivity index (χ1v) is 9.03. The molecule has 0 fully saturated rings. The van der Waals surface area contributed by atoms with E-state index in [0.29, 0.717) is 6.08 Å². The van der Waals surface area contributed by atoms with E-state index < -0.39 is 29.1 Å². The number of halogens is 3. The molecule has 31 heavy (non-hydrogen) atoms. The maximum absolute atomic E-state index is 13.4. The van der Waals surface area contributed by atoms with Crippen LogP contribution in [0.5, 0.6) is 0 Å². The Kier molecular flexibility index (Phi) is 6.78. The molecule has 0 saturated carbocycles. The lowest BCUT2D eigenvalue weighted by Gasteiger charge is -2.31. The molecule has 166 valence electrons. The van der Waals surface area contributed by atoms with Crippen LogP contribution in [0.1, 0.15) is 18.1 Å². The quantitative estimate of drug-likeness (QED) is 0.234. The predicted octanol–water partition coefficient (Wildman–Crippen LogP) is 2.11. The lowest BCUT2D eigenvalue weighted by Crippen LogP contribution is -2.44. The number of carbonyl (C=O) groups excluding carboxylic acids is 1. The van der Waals surface area contributed by atoms with Crippen LogP contribution in [0.15, 0.2) is 64.4 Å². The lowest BCUT2D eigenvalue weighted by molar-refractivity contribution is -0.132. The average Bonchev–Trinajstić information content (AvgIpc) is 2.96. The zero-order valence-electron chi connectivity index (χ0n) is 16.8. The first kappa shape index (κ1) is 23.5. The second kappa shape index (κ2) is 8.94. The van der Waals surface area contributed by atoms with Crippen molar-refractivity contribution in [2.75, 3.05) is 7.05 Å². The summed E-state index contributed by atoms with van der Waals surface area (Å²) in [5.41, 5.74) is 13.8. The molecule has 2 rings (SSSR count). The lowest BCUT2D eigenvalue weighted by atomic mass is 9.77. The first-order chi connectivity index (χ1) is 14.5. The summed E-state index contributed by atoms with van der Waals surface area (Å²) in [6, 6.07) is 6.01.